The molecule has 92 valence electrons. The van der Waals surface area contributed by atoms with Crippen LogP contribution in [-0.2, 0) is 5.41 Å². The van der Waals surface area contributed by atoms with Crippen molar-refractivity contribution in [2.75, 3.05) is 0 Å². The van der Waals surface area contributed by atoms with Crippen molar-refractivity contribution in [3.8, 4) is 0 Å². The molecule has 0 aromatic heterocycles. The van der Waals surface area contributed by atoms with Gasteiger partial charge in [0.25, 0.3) is 0 Å². The molecule has 0 aliphatic heterocycles. The highest BCUT2D eigenvalue weighted by Crippen LogP contribution is 2.45. The van der Waals surface area contributed by atoms with Gasteiger partial charge in [0.05, 0.1) is 11.0 Å². The fourth-order valence-electron chi connectivity index (χ4n) is 2.60. The molecule has 0 atom stereocenters. The zero-order valence-corrected chi connectivity index (χ0v) is 9.33. The fraction of sp³-hybridized carbons (Fsp3) is 0.462. The van der Waals surface area contributed by atoms with E-state index in [-0.39, 0.29) is 5.56 Å². The lowest BCUT2D eigenvalue weighted by Gasteiger charge is -2.28. The Morgan fingerprint density at radius 1 is 1.29 bits per heavy atom. The Kier molecular flexibility index (Phi) is 3.13. The normalized spacial score (nSPS) is 18.5. The molecular formula is C13H14F2O2. The van der Waals surface area contributed by atoms with Crippen LogP contribution in [0.25, 0.3) is 0 Å². The van der Waals surface area contributed by atoms with Crippen molar-refractivity contribution >= 4 is 5.97 Å². The molecule has 2 rings (SSSR count). The lowest BCUT2D eigenvalue weighted by Crippen LogP contribution is -2.31. The van der Waals surface area contributed by atoms with E-state index in [0.717, 1.165) is 12.8 Å². The number of alkyl halides is 2. The van der Waals surface area contributed by atoms with Crippen LogP contribution in [0.5, 0.6) is 0 Å². The van der Waals surface area contributed by atoms with Crippen molar-refractivity contribution < 1.29 is 18.7 Å². The summed E-state index contributed by atoms with van der Waals surface area (Å²) in [4.78, 5) is 10.9. The highest BCUT2D eigenvalue weighted by molar-refractivity contribution is 5.87. The number of carbonyl (C=O) groups is 1. The Bertz CT molecular complexity index is 423. The van der Waals surface area contributed by atoms with Crippen LogP contribution in [0, 0.1) is 0 Å². The van der Waals surface area contributed by atoms with Gasteiger partial charge in [-0.1, -0.05) is 25.0 Å². The molecule has 1 saturated carbocycles. The molecule has 0 unspecified atom stereocenters. The van der Waals surface area contributed by atoms with E-state index in [1.165, 1.54) is 12.1 Å². The van der Waals surface area contributed by atoms with Crippen LogP contribution in [0.4, 0.5) is 8.78 Å². The summed E-state index contributed by atoms with van der Waals surface area (Å²) >= 11 is 0. The second-order valence-corrected chi connectivity index (χ2v) is 4.55. The van der Waals surface area contributed by atoms with Crippen LogP contribution < -0.4 is 0 Å². The quantitative estimate of drug-likeness (QED) is 0.878. The van der Waals surface area contributed by atoms with Gasteiger partial charge in [-0.05, 0) is 30.5 Å². The smallest absolute Gasteiger partial charge is 0.335 e. The highest BCUT2D eigenvalue weighted by atomic mass is 19.3. The first-order chi connectivity index (χ1) is 8.06. The number of benzene rings is 1. The van der Waals surface area contributed by atoms with Crippen LogP contribution >= 0.6 is 0 Å². The van der Waals surface area contributed by atoms with E-state index < -0.39 is 17.8 Å². The molecule has 2 nitrogen and oxygen atoms in total. The maximum absolute atomic E-state index is 13.3. The zero-order chi connectivity index (χ0) is 12.5. The topological polar surface area (TPSA) is 37.3 Å². The molecule has 0 heterocycles. The first-order valence-corrected chi connectivity index (χ1v) is 5.68. The van der Waals surface area contributed by atoms with E-state index in [0.29, 0.717) is 18.4 Å². The predicted molar refractivity (Wildman–Crippen MR) is 59.6 cm³/mol. The minimum Gasteiger partial charge on any atom is -0.478 e. The summed E-state index contributed by atoms with van der Waals surface area (Å²) in [5.41, 5.74) is -0.592. The summed E-state index contributed by atoms with van der Waals surface area (Å²) in [6, 6.07) is 5.98. The van der Waals surface area contributed by atoms with Gasteiger partial charge in [-0.3, -0.25) is 0 Å². The van der Waals surface area contributed by atoms with Gasteiger partial charge in [-0.25, -0.2) is 13.6 Å². The maximum atomic E-state index is 13.3. The number of hydrogen-bond acceptors (Lipinski definition) is 1. The van der Waals surface area contributed by atoms with Crippen LogP contribution in [0.3, 0.4) is 0 Å². The second-order valence-electron chi connectivity index (χ2n) is 4.55. The van der Waals surface area contributed by atoms with Crippen molar-refractivity contribution in [1.29, 1.82) is 0 Å². The van der Waals surface area contributed by atoms with Crippen molar-refractivity contribution in [1.82, 2.24) is 0 Å². The monoisotopic (exact) mass is 240 g/mol. The predicted octanol–water partition coefficient (Wildman–Crippen LogP) is 3.46. The fourth-order valence-corrected chi connectivity index (χ4v) is 2.60. The van der Waals surface area contributed by atoms with Crippen LogP contribution in [0.1, 0.15) is 41.6 Å². The molecule has 0 amide bonds. The SMILES string of the molecule is O=C(O)c1cccc(C2(C(F)F)CCCC2)c1. The summed E-state index contributed by atoms with van der Waals surface area (Å²) in [6.45, 7) is 0. The summed E-state index contributed by atoms with van der Waals surface area (Å²) in [6.07, 6.45) is -0.000796. The van der Waals surface area contributed by atoms with Crippen molar-refractivity contribution in [2.24, 2.45) is 0 Å². The van der Waals surface area contributed by atoms with Crippen molar-refractivity contribution in [3.05, 3.63) is 35.4 Å². The van der Waals surface area contributed by atoms with Crippen molar-refractivity contribution in [2.45, 2.75) is 37.5 Å². The molecule has 0 radical (unpaired) electrons. The summed E-state index contributed by atoms with van der Waals surface area (Å²) in [5, 5.41) is 8.89. The molecule has 17 heavy (non-hydrogen) atoms. The average molecular weight is 240 g/mol. The number of carboxylic acids is 1. The third-order valence-corrected chi connectivity index (χ3v) is 3.60. The van der Waals surface area contributed by atoms with Gasteiger partial charge in [0.2, 0.25) is 6.43 Å². The van der Waals surface area contributed by atoms with E-state index in [1.807, 2.05) is 0 Å². The number of rotatable bonds is 3. The Morgan fingerprint density at radius 3 is 2.47 bits per heavy atom. The van der Waals surface area contributed by atoms with Gasteiger partial charge >= 0.3 is 5.97 Å². The largest absolute Gasteiger partial charge is 0.478 e. The summed E-state index contributed by atoms with van der Waals surface area (Å²) < 4.78 is 26.5. The Labute approximate surface area is 98.3 Å². The van der Waals surface area contributed by atoms with Gasteiger partial charge < -0.3 is 5.11 Å². The molecule has 0 bridgehead atoms. The molecular weight excluding hydrogens is 226 g/mol. The lowest BCUT2D eigenvalue weighted by atomic mass is 9.79. The average Bonchev–Trinajstić information content (AvgIpc) is 2.79. The lowest BCUT2D eigenvalue weighted by molar-refractivity contribution is 0.0518. The number of carboxylic acid groups (broad SMARTS) is 1. The Balaban J connectivity index is 2.43. The molecule has 1 aliphatic rings. The first-order valence-electron chi connectivity index (χ1n) is 5.68. The molecule has 1 aromatic rings. The molecule has 0 spiro atoms. The van der Waals surface area contributed by atoms with Gasteiger partial charge in [-0.2, -0.15) is 0 Å². The van der Waals surface area contributed by atoms with Gasteiger partial charge in [0.1, 0.15) is 0 Å². The zero-order valence-electron chi connectivity index (χ0n) is 9.33. The molecule has 1 fully saturated rings. The summed E-state index contributed by atoms with van der Waals surface area (Å²) in [5.74, 6) is -1.07. The minimum atomic E-state index is -2.44. The molecule has 1 aliphatic carbocycles. The standard InChI is InChI=1S/C13H14F2O2/c14-12(15)13(6-1-2-7-13)10-5-3-4-9(8-10)11(16)17/h3-5,8,12H,1-2,6-7H2,(H,16,17). The molecule has 0 saturated heterocycles. The van der Waals surface area contributed by atoms with Crippen LogP contribution in [0.2, 0.25) is 0 Å². The van der Waals surface area contributed by atoms with E-state index in [1.54, 1.807) is 12.1 Å². The van der Waals surface area contributed by atoms with E-state index >= 15 is 0 Å². The Hall–Kier alpha value is -1.45. The van der Waals surface area contributed by atoms with Gasteiger partial charge in [0.15, 0.2) is 0 Å². The highest BCUT2D eigenvalue weighted by Gasteiger charge is 2.44. The molecule has 1 aromatic carbocycles. The second kappa shape index (κ2) is 4.43. The van der Waals surface area contributed by atoms with E-state index in [4.69, 9.17) is 5.11 Å². The number of aromatic carboxylic acids is 1. The number of halogens is 2. The van der Waals surface area contributed by atoms with E-state index in [2.05, 4.69) is 0 Å². The van der Waals surface area contributed by atoms with E-state index in [9.17, 15) is 13.6 Å². The van der Waals surface area contributed by atoms with Gasteiger partial charge in [-0.15, -0.1) is 0 Å². The van der Waals surface area contributed by atoms with Gasteiger partial charge in [0, 0.05) is 0 Å². The third kappa shape index (κ3) is 2.04. The Morgan fingerprint density at radius 2 is 1.94 bits per heavy atom. The summed E-state index contributed by atoms with van der Waals surface area (Å²) in [7, 11) is 0. The van der Waals surface area contributed by atoms with Crippen molar-refractivity contribution in [3.63, 3.8) is 0 Å². The third-order valence-electron chi connectivity index (χ3n) is 3.60. The minimum absolute atomic E-state index is 0.0782. The molecule has 1 N–H and O–H groups in total. The van der Waals surface area contributed by atoms with Crippen LogP contribution in [0.15, 0.2) is 24.3 Å². The maximum Gasteiger partial charge on any atom is 0.335 e. The number of hydrogen-bond donors (Lipinski definition) is 1. The molecule has 4 heteroatoms. The first kappa shape index (κ1) is 12.0. The van der Waals surface area contributed by atoms with Crippen LogP contribution in [-0.4, -0.2) is 17.5 Å².